The van der Waals surface area contributed by atoms with Crippen molar-refractivity contribution in [3.8, 4) is 6.07 Å². The Balaban J connectivity index is 2.22. The minimum Gasteiger partial charge on any atom is -0.319 e. The van der Waals surface area contributed by atoms with Gasteiger partial charge in [0.25, 0.3) is 5.91 Å². The summed E-state index contributed by atoms with van der Waals surface area (Å²) in [5.74, 6) is -0.933. The first-order chi connectivity index (χ1) is 9.15. The Hall–Kier alpha value is -2.19. The summed E-state index contributed by atoms with van der Waals surface area (Å²) in [7, 11) is 0. The molecule has 0 radical (unpaired) electrons. The van der Waals surface area contributed by atoms with Crippen LogP contribution in [0.25, 0.3) is 0 Å². The number of anilines is 1. The highest BCUT2D eigenvalue weighted by atomic mass is 32.1. The second kappa shape index (κ2) is 5.63. The molecule has 96 valence electrons. The Morgan fingerprint density at radius 1 is 1.47 bits per heavy atom. The van der Waals surface area contributed by atoms with Gasteiger partial charge >= 0.3 is 0 Å². The third kappa shape index (κ3) is 2.80. The van der Waals surface area contributed by atoms with Crippen LogP contribution in [0.2, 0.25) is 0 Å². The predicted octanol–water partition coefficient (Wildman–Crippen LogP) is 3.57. The average Bonchev–Trinajstić information content (AvgIpc) is 2.89. The second-order valence-corrected chi connectivity index (χ2v) is 4.81. The van der Waals surface area contributed by atoms with E-state index in [2.05, 4.69) is 5.32 Å². The summed E-state index contributed by atoms with van der Waals surface area (Å²) in [5, 5.41) is 13.0. The normalized spacial score (nSPS) is 9.95. The molecular formula is C14H11FN2OS. The molecule has 0 atom stereocenters. The topological polar surface area (TPSA) is 52.9 Å². The monoisotopic (exact) mass is 274 g/mol. The van der Waals surface area contributed by atoms with E-state index in [-0.39, 0.29) is 17.2 Å². The van der Waals surface area contributed by atoms with Crippen molar-refractivity contribution in [3.63, 3.8) is 0 Å². The maximum Gasteiger partial charge on any atom is 0.266 e. The summed E-state index contributed by atoms with van der Waals surface area (Å²) in [6.07, 6.45) is 0.752. The smallest absolute Gasteiger partial charge is 0.266 e. The van der Waals surface area contributed by atoms with Crippen LogP contribution in [0.5, 0.6) is 0 Å². The number of nitrogens with one attached hydrogen (secondary N) is 1. The highest BCUT2D eigenvalue weighted by Crippen LogP contribution is 2.21. The first kappa shape index (κ1) is 13.2. The Labute approximate surface area is 114 Å². The highest BCUT2D eigenvalue weighted by molar-refractivity contribution is 7.12. The van der Waals surface area contributed by atoms with E-state index >= 15 is 0 Å². The van der Waals surface area contributed by atoms with Crippen LogP contribution >= 0.6 is 11.3 Å². The molecule has 0 aliphatic rings. The van der Waals surface area contributed by atoms with E-state index in [1.165, 1.54) is 23.5 Å². The number of carbonyl (C=O) groups is 1. The van der Waals surface area contributed by atoms with E-state index in [0.717, 1.165) is 18.1 Å². The van der Waals surface area contributed by atoms with E-state index in [1.807, 2.05) is 24.4 Å². The third-order valence-electron chi connectivity index (χ3n) is 2.68. The van der Waals surface area contributed by atoms with Crippen LogP contribution < -0.4 is 5.32 Å². The number of amides is 1. The molecule has 3 nitrogen and oxygen atoms in total. The highest BCUT2D eigenvalue weighted by Gasteiger charge is 2.14. The molecule has 0 saturated carbocycles. The minimum absolute atomic E-state index is 0.0828. The zero-order chi connectivity index (χ0) is 13.8. The number of nitriles is 1. The summed E-state index contributed by atoms with van der Waals surface area (Å²) in [6, 6.07) is 7.69. The molecule has 0 unspecified atom stereocenters. The lowest BCUT2D eigenvalue weighted by atomic mass is 10.2. The summed E-state index contributed by atoms with van der Waals surface area (Å²) < 4.78 is 13.7. The molecule has 5 heteroatoms. The standard InChI is InChI=1S/C14H11FN2OS/c1-2-10-5-6-19-13(10)14(18)17-12-4-3-9(8-16)7-11(12)15/h3-7H,2H2,1H3,(H,17,18). The minimum atomic E-state index is -0.609. The maximum atomic E-state index is 13.7. The second-order valence-electron chi connectivity index (χ2n) is 3.89. The molecule has 1 aromatic heterocycles. The SMILES string of the molecule is CCc1ccsc1C(=O)Nc1ccc(C#N)cc1F. The van der Waals surface area contributed by atoms with E-state index in [0.29, 0.717) is 4.88 Å². The molecule has 1 N–H and O–H groups in total. The third-order valence-corrected chi connectivity index (χ3v) is 3.64. The van der Waals surface area contributed by atoms with E-state index in [1.54, 1.807) is 0 Å². The van der Waals surface area contributed by atoms with Crippen molar-refractivity contribution in [1.82, 2.24) is 0 Å². The lowest BCUT2D eigenvalue weighted by molar-refractivity contribution is 0.102. The fourth-order valence-electron chi connectivity index (χ4n) is 1.68. The van der Waals surface area contributed by atoms with Gasteiger partial charge in [0.15, 0.2) is 0 Å². The number of thiophene rings is 1. The number of nitrogens with zero attached hydrogens (tertiary/aromatic N) is 1. The van der Waals surface area contributed by atoms with Crippen molar-refractivity contribution in [2.75, 3.05) is 5.32 Å². The molecule has 0 saturated heterocycles. The van der Waals surface area contributed by atoms with Crippen molar-refractivity contribution < 1.29 is 9.18 Å². The maximum absolute atomic E-state index is 13.7. The number of carbonyl (C=O) groups excluding carboxylic acids is 1. The van der Waals surface area contributed by atoms with Gasteiger partial charge in [-0.05, 0) is 41.6 Å². The quantitative estimate of drug-likeness (QED) is 0.930. The van der Waals surface area contributed by atoms with Crippen LogP contribution in [0.15, 0.2) is 29.6 Å². The van der Waals surface area contributed by atoms with E-state index in [4.69, 9.17) is 5.26 Å². The first-order valence-electron chi connectivity index (χ1n) is 5.73. The summed E-state index contributed by atoms with van der Waals surface area (Å²) in [6.45, 7) is 1.96. The molecule has 0 aliphatic carbocycles. The van der Waals surface area contributed by atoms with Gasteiger partial charge in [-0.3, -0.25) is 4.79 Å². The summed E-state index contributed by atoms with van der Waals surface area (Å²) in [4.78, 5) is 12.6. The van der Waals surface area contributed by atoms with Crippen LogP contribution in [0, 0.1) is 17.1 Å². The average molecular weight is 274 g/mol. The van der Waals surface area contributed by atoms with Gasteiger partial charge in [-0.1, -0.05) is 6.92 Å². The van der Waals surface area contributed by atoms with Gasteiger partial charge in [0.2, 0.25) is 0 Å². The zero-order valence-corrected chi connectivity index (χ0v) is 11.1. The Bertz CT molecular complexity index is 658. The lowest BCUT2D eigenvalue weighted by Gasteiger charge is -2.06. The molecule has 1 aromatic carbocycles. The van der Waals surface area contributed by atoms with Gasteiger partial charge in [0.1, 0.15) is 5.82 Å². The number of halogens is 1. The van der Waals surface area contributed by atoms with Crippen molar-refractivity contribution >= 4 is 22.9 Å². The van der Waals surface area contributed by atoms with Gasteiger partial charge < -0.3 is 5.32 Å². The Kier molecular flexibility index (Phi) is 3.93. The first-order valence-corrected chi connectivity index (χ1v) is 6.61. The number of hydrogen-bond donors (Lipinski definition) is 1. The molecule has 2 aromatic rings. The van der Waals surface area contributed by atoms with Crippen LogP contribution in [0.4, 0.5) is 10.1 Å². The van der Waals surface area contributed by atoms with Crippen LogP contribution in [0.1, 0.15) is 27.7 Å². The molecule has 0 fully saturated rings. The van der Waals surface area contributed by atoms with Crippen LogP contribution in [-0.2, 0) is 6.42 Å². The van der Waals surface area contributed by atoms with Crippen molar-refractivity contribution in [3.05, 3.63) is 51.5 Å². The van der Waals surface area contributed by atoms with Crippen molar-refractivity contribution in [1.29, 1.82) is 5.26 Å². The van der Waals surface area contributed by atoms with Crippen molar-refractivity contribution in [2.45, 2.75) is 13.3 Å². The molecule has 0 aliphatic heterocycles. The van der Waals surface area contributed by atoms with Gasteiger partial charge in [0.05, 0.1) is 22.2 Å². The zero-order valence-electron chi connectivity index (χ0n) is 10.2. The van der Waals surface area contributed by atoms with Crippen LogP contribution in [-0.4, -0.2) is 5.91 Å². The Morgan fingerprint density at radius 3 is 2.89 bits per heavy atom. The van der Waals surface area contributed by atoms with Gasteiger partial charge in [0, 0.05) is 0 Å². The Morgan fingerprint density at radius 2 is 2.26 bits per heavy atom. The fraction of sp³-hybridized carbons (Fsp3) is 0.143. The molecule has 19 heavy (non-hydrogen) atoms. The number of benzene rings is 1. The largest absolute Gasteiger partial charge is 0.319 e. The number of rotatable bonds is 3. The summed E-state index contributed by atoms with van der Waals surface area (Å²) >= 11 is 1.33. The molecule has 2 rings (SSSR count). The predicted molar refractivity (Wildman–Crippen MR) is 72.8 cm³/mol. The van der Waals surface area contributed by atoms with Crippen molar-refractivity contribution in [2.24, 2.45) is 0 Å². The van der Waals surface area contributed by atoms with E-state index < -0.39 is 5.82 Å². The molecule has 1 amide bonds. The lowest BCUT2D eigenvalue weighted by Crippen LogP contribution is -2.13. The number of aryl methyl sites for hydroxylation is 1. The van der Waals surface area contributed by atoms with E-state index in [9.17, 15) is 9.18 Å². The van der Waals surface area contributed by atoms with Gasteiger partial charge in [-0.15, -0.1) is 11.3 Å². The fourth-order valence-corrected chi connectivity index (χ4v) is 2.57. The van der Waals surface area contributed by atoms with Gasteiger partial charge in [-0.25, -0.2) is 4.39 Å². The molecule has 1 heterocycles. The summed E-state index contributed by atoms with van der Waals surface area (Å²) in [5.41, 5.74) is 1.25. The van der Waals surface area contributed by atoms with Gasteiger partial charge in [-0.2, -0.15) is 5.26 Å². The molecule has 0 spiro atoms. The van der Waals surface area contributed by atoms with Crippen LogP contribution in [0.3, 0.4) is 0 Å². The number of hydrogen-bond acceptors (Lipinski definition) is 3. The molecule has 0 bridgehead atoms. The molecular weight excluding hydrogens is 263 g/mol.